The lowest BCUT2D eigenvalue weighted by molar-refractivity contribution is 0.0789. The predicted octanol–water partition coefficient (Wildman–Crippen LogP) is 0.945. The molecule has 0 spiro atoms. The summed E-state index contributed by atoms with van der Waals surface area (Å²) in [5.41, 5.74) is 0.152. The molecule has 1 aliphatic heterocycles. The minimum atomic E-state index is -0.270. The van der Waals surface area contributed by atoms with Crippen molar-refractivity contribution >= 4 is 5.91 Å². The molecule has 0 fully saturated rings. The minimum absolute atomic E-state index is 0.243. The first kappa shape index (κ1) is 13.2. The number of rotatable bonds is 3. The molecule has 1 unspecified atom stereocenters. The number of fused-ring (bicyclic) bond motifs is 1. The predicted molar refractivity (Wildman–Crippen MR) is 75.7 cm³/mol. The van der Waals surface area contributed by atoms with Crippen LogP contribution in [0.25, 0.3) is 0 Å². The molecule has 1 aromatic heterocycles. The Morgan fingerprint density at radius 3 is 2.81 bits per heavy atom. The summed E-state index contributed by atoms with van der Waals surface area (Å²) in [4.78, 5) is 25.3. The normalized spacial score (nSPS) is 16.3. The van der Waals surface area contributed by atoms with Crippen LogP contribution in [0.2, 0.25) is 0 Å². The Morgan fingerprint density at radius 2 is 2.05 bits per heavy atom. The molecule has 21 heavy (non-hydrogen) atoms. The molecule has 0 bridgehead atoms. The molecule has 6 heteroatoms. The Balaban J connectivity index is 1.58. The molecule has 0 saturated heterocycles. The van der Waals surface area contributed by atoms with Crippen LogP contribution in [0.4, 0.5) is 0 Å². The average molecular weight is 286 g/mol. The van der Waals surface area contributed by atoms with Gasteiger partial charge in [0.1, 0.15) is 12.7 Å². The molecule has 2 aromatic rings. The van der Waals surface area contributed by atoms with E-state index in [2.05, 4.69) is 10.3 Å². The number of carbonyl (C=O) groups excluding carboxylic acids is 1. The van der Waals surface area contributed by atoms with Crippen LogP contribution in [0.1, 0.15) is 10.4 Å². The van der Waals surface area contributed by atoms with Crippen LogP contribution in [-0.2, 0) is 0 Å². The standard InChI is InChI=1S/C15H14N2O4/c18-14-6-5-10(7-16-14)15(19)17-8-11-9-20-12-3-1-2-4-13(12)21-11/h1-7,11H,8-9H2,(H,16,18)(H,17,19). The van der Waals surface area contributed by atoms with Gasteiger partial charge in [-0.15, -0.1) is 0 Å². The summed E-state index contributed by atoms with van der Waals surface area (Å²) >= 11 is 0. The number of benzene rings is 1. The van der Waals surface area contributed by atoms with Gasteiger partial charge in [0.05, 0.1) is 12.1 Å². The zero-order valence-electron chi connectivity index (χ0n) is 11.2. The fourth-order valence-corrected chi connectivity index (χ4v) is 2.02. The van der Waals surface area contributed by atoms with Crippen LogP contribution in [0.3, 0.4) is 0 Å². The van der Waals surface area contributed by atoms with Gasteiger partial charge in [0.25, 0.3) is 5.91 Å². The number of aromatic amines is 1. The first-order valence-corrected chi connectivity index (χ1v) is 6.58. The third-order valence-electron chi connectivity index (χ3n) is 3.10. The third-order valence-corrected chi connectivity index (χ3v) is 3.10. The van der Waals surface area contributed by atoms with E-state index in [9.17, 15) is 9.59 Å². The fourth-order valence-electron chi connectivity index (χ4n) is 2.02. The molecule has 3 rings (SSSR count). The number of nitrogens with one attached hydrogen (secondary N) is 2. The molecule has 1 atom stereocenters. The van der Waals surface area contributed by atoms with Crippen molar-refractivity contribution in [3.63, 3.8) is 0 Å². The van der Waals surface area contributed by atoms with Gasteiger partial charge in [-0.2, -0.15) is 0 Å². The van der Waals surface area contributed by atoms with Crippen LogP contribution < -0.4 is 20.3 Å². The summed E-state index contributed by atoms with van der Waals surface area (Å²) in [6.07, 6.45) is 1.14. The highest BCUT2D eigenvalue weighted by Gasteiger charge is 2.21. The number of amides is 1. The molecule has 2 N–H and O–H groups in total. The van der Waals surface area contributed by atoms with E-state index in [0.29, 0.717) is 30.2 Å². The maximum atomic E-state index is 11.9. The Morgan fingerprint density at radius 1 is 1.24 bits per heavy atom. The number of aromatic nitrogens is 1. The Labute approximate surface area is 120 Å². The molecule has 1 aliphatic rings. The number of para-hydroxylation sites is 2. The first-order chi connectivity index (χ1) is 10.2. The number of H-pyrrole nitrogens is 1. The first-order valence-electron chi connectivity index (χ1n) is 6.58. The molecule has 1 aromatic carbocycles. The van der Waals surface area contributed by atoms with Crippen molar-refractivity contribution in [2.45, 2.75) is 6.10 Å². The van der Waals surface area contributed by atoms with Crippen molar-refractivity contribution < 1.29 is 14.3 Å². The molecular formula is C15H14N2O4. The highest BCUT2D eigenvalue weighted by atomic mass is 16.6. The lowest BCUT2D eigenvalue weighted by atomic mass is 10.2. The van der Waals surface area contributed by atoms with Crippen LogP contribution >= 0.6 is 0 Å². The van der Waals surface area contributed by atoms with Gasteiger partial charge in [0.15, 0.2) is 11.5 Å². The maximum Gasteiger partial charge on any atom is 0.252 e. The number of pyridine rings is 1. The van der Waals surface area contributed by atoms with Crippen molar-refractivity contribution in [3.8, 4) is 11.5 Å². The van der Waals surface area contributed by atoms with E-state index in [1.165, 1.54) is 18.3 Å². The van der Waals surface area contributed by atoms with E-state index in [-0.39, 0.29) is 17.6 Å². The van der Waals surface area contributed by atoms with Crippen molar-refractivity contribution in [1.29, 1.82) is 0 Å². The van der Waals surface area contributed by atoms with Crippen molar-refractivity contribution in [2.24, 2.45) is 0 Å². The largest absolute Gasteiger partial charge is 0.486 e. The second-order valence-corrected chi connectivity index (χ2v) is 4.65. The number of hydrogen-bond acceptors (Lipinski definition) is 4. The highest BCUT2D eigenvalue weighted by molar-refractivity contribution is 5.93. The van der Waals surface area contributed by atoms with E-state index in [4.69, 9.17) is 9.47 Å². The van der Waals surface area contributed by atoms with E-state index < -0.39 is 0 Å². The molecule has 0 saturated carbocycles. The van der Waals surface area contributed by atoms with Crippen molar-refractivity contribution in [2.75, 3.05) is 13.2 Å². The number of hydrogen-bond donors (Lipinski definition) is 2. The summed E-state index contributed by atoms with van der Waals surface area (Å²) in [5.74, 6) is 1.11. The second-order valence-electron chi connectivity index (χ2n) is 4.65. The Hall–Kier alpha value is -2.76. The smallest absolute Gasteiger partial charge is 0.252 e. The summed E-state index contributed by atoms with van der Waals surface area (Å²) < 4.78 is 11.3. The average Bonchev–Trinajstić information content (AvgIpc) is 2.53. The second kappa shape index (κ2) is 5.70. The molecule has 6 nitrogen and oxygen atoms in total. The van der Waals surface area contributed by atoms with Gasteiger partial charge < -0.3 is 19.8 Å². The van der Waals surface area contributed by atoms with E-state index >= 15 is 0 Å². The van der Waals surface area contributed by atoms with Gasteiger partial charge >= 0.3 is 0 Å². The highest BCUT2D eigenvalue weighted by Crippen LogP contribution is 2.30. The topological polar surface area (TPSA) is 80.4 Å². The molecule has 2 heterocycles. The van der Waals surface area contributed by atoms with E-state index in [1.807, 2.05) is 24.3 Å². The summed E-state index contributed by atoms with van der Waals surface area (Å²) in [6.45, 7) is 0.704. The SMILES string of the molecule is O=C(NCC1COc2ccccc2O1)c1ccc(=O)[nH]c1. The fraction of sp³-hybridized carbons (Fsp3) is 0.200. The van der Waals surface area contributed by atoms with Gasteiger partial charge in [-0.25, -0.2) is 0 Å². The monoisotopic (exact) mass is 286 g/mol. The van der Waals surface area contributed by atoms with Crippen LogP contribution in [0.5, 0.6) is 11.5 Å². The lowest BCUT2D eigenvalue weighted by Crippen LogP contribution is -2.40. The molecule has 0 radical (unpaired) electrons. The van der Waals surface area contributed by atoms with Gasteiger partial charge in [-0.1, -0.05) is 12.1 Å². The third kappa shape index (κ3) is 3.05. The molecule has 1 amide bonds. The van der Waals surface area contributed by atoms with Gasteiger partial charge in [-0.05, 0) is 18.2 Å². The van der Waals surface area contributed by atoms with Crippen molar-refractivity contribution in [3.05, 3.63) is 58.5 Å². The van der Waals surface area contributed by atoms with E-state index in [1.54, 1.807) is 0 Å². The van der Waals surface area contributed by atoms with Crippen LogP contribution in [-0.4, -0.2) is 30.1 Å². The summed E-state index contributed by atoms with van der Waals surface area (Å²) in [5, 5.41) is 2.75. The quantitative estimate of drug-likeness (QED) is 0.880. The number of ether oxygens (including phenoxy) is 2. The van der Waals surface area contributed by atoms with E-state index in [0.717, 1.165) is 0 Å². The molecule has 108 valence electrons. The molecule has 0 aliphatic carbocycles. The van der Waals surface area contributed by atoms with Crippen LogP contribution in [0.15, 0.2) is 47.4 Å². The minimum Gasteiger partial charge on any atom is -0.486 e. The van der Waals surface area contributed by atoms with Gasteiger partial charge in [0, 0.05) is 12.3 Å². The Bertz CT molecular complexity index is 690. The lowest BCUT2D eigenvalue weighted by Gasteiger charge is -2.26. The summed E-state index contributed by atoms with van der Waals surface area (Å²) in [6, 6.07) is 10.2. The van der Waals surface area contributed by atoms with Crippen LogP contribution in [0, 0.1) is 0 Å². The summed E-state index contributed by atoms with van der Waals surface area (Å²) in [7, 11) is 0. The van der Waals surface area contributed by atoms with Gasteiger partial charge in [0.2, 0.25) is 5.56 Å². The maximum absolute atomic E-state index is 11.9. The zero-order chi connectivity index (χ0) is 14.7. The molecular weight excluding hydrogens is 272 g/mol. The van der Waals surface area contributed by atoms with Gasteiger partial charge in [-0.3, -0.25) is 9.59 Å². The number of carbonyl (C=O) groups is 1. The van der Waals surface area contributed by atoms with Crippen molar-refractivity contribution in [1.82, 2.24) is 10.3 Å². The zero-order valence-corrected chi connectivity index (χ0v) is 11.2. The Kier molecular flexibility index (Phi) is 3.59.